The number of likely N-dealkylation sites (tertiary alicyclic amines) is 1. The number of carbonyl (C=O) groups excluding carboxylic acids is 4. The van der Waals surface area contributed by atoms with Gasteiger partial charge in [-0.2, -0.15) is 11.8 Å². The van der Waals surface area contributed by atoms with Crippen molar-refractivity contribution in [3.05, 3.63) is 0 Å². The van der Waals surface area contributed by atoms with Crippen LogP contribution in [0.5, 0.6) is 0 Å². The van der Waals surface area contributed by atoms with Gasteiger partial charge in [-0.05, 0) is 35.7 Å². The van der Waals surface area contributed by atoms with Gasteiger partial charge in [-0.1, -0.05) is 0 Å². The smallest absolute Gasteiger partial charge is 0.242 e. The maximum Gasteiger partial charge on any atom is 0.242 e. The molecule has 1 fully saturated rings. The van der Waals surface area contributed by atoms with Crippen LogP contribution in [0, 0.1) is 5.15 Å². The monoisotopic (exact) mass is 511 g/mol. The second-order valence-electron chi connectivity index (χ2n) is 6.77. The molecule has 1 aliphatic heterocycles. The molecule has 0 aromatic heterocycles. The Bertz CT molecular complexity index is 605. The van der Waals surface area contributed by atoms with E-state index in [-0.39, 0.29) is 41.8 Å². The van der Waals surface area contributed by atoms with E-state index in [0.29, 0.717) is 58.8 Å². The van der Waals surface area contributed by atoms with Crippen molar-refractivity contribution in [2.75, 3.05) is 66.0 Å². The molecule has 1 unspecified atom stereocenters. The molecule has 0 spiro atoms. The number of aliphatic hydroxyl groups is 1. The topological polar surface area (TPSA) is 158 Å². The fourth-order valence-corrected chi connectivity index (χ4v) is 3.14. The Morgan fingerprint density at radius 1 is 1.24 bits per heavy atom. The number of amides is 3. The van der Waals surface area contributed by atoms with E-state index in [1.54, 1.807) is 0 Å². The first-order chi connectivity index (χ1) is 16.3. The molecular formula is C20H39N4O7PS. The van der Waals surface area contributed by atoms with E-state index in [9.17, 15) is 19.2 Å². The van der Waals surface area contributed by atoms with E-state index in [2.05, 4.69) is 24.8 Å². The van der Waals surface area contributed by atoms with Gasteiger partial charge in [-0.25, -0.2) is 0 Å². The quantitative estimate of drug-likeness (QED) is 0.131. The molecule has 13 heteroatoms. The minimum atomic E-state index is -0.213. The lowest BCUT2D eigenvalue weighted by Crippen LogP contribution is -2.32. The lowest BCUT2D eigenvalue weighted by Gasteiger charge is -2.13. The Labute approximate surface area is 204 Å². The van der Waals surface area contributed by atoms with E-state index in [1.165, 1.54) is 23.6 Å². The number of ketones is 1. The maximum atomic E-state index is 11.6. The summed E-state index contributed by atoms with van der Waals surface area (Å²) in [5, 5.41) is 16.4. The van der Waals surface area contributed by atoms with Crippen LogP contribution in [0.3, 0.4) is 0 Å². The molecule has 0 aromatic carbocycles. The fraction of sp³-hybridized carbons (Fsp3) is 0.800. The number of ether oxygens (including phenoxy) is 2. The van der Waals surface area contributed by atoms with Crippen molar-refractivity contribution >= 4 is 44.3 Å². The number of carbonyl (C=O) groups is 4. The summed E-state index contributed by atoms with van der Waals surface area (Å²) < 4.78 is 16.2. The highest BCUT2D eigenvalue weighted by molar-refractivity contribution is 8.00. The Hall–Kier alpha value is -1.43. The zero-order chi connectivity index (χ0) is 26.2. The van der Waals surface area contributed by atoms with Gasteiger partial charge >= 0.3 is 0 Å². The third-order valence-corrected chi connectivity index (χ3v) is 5.11. The normalized spacial score (nSPS) is 15.1. The highest BCUT2D eigenvalue weighted by Gasteiger charge is 2.37. The summed E-state index contributed by atoms with van der Waals surface area (Å²) >= 11 is 1.41. The minimum absolute atomic E-state index is 0.0931. The van der Waals surface area contributed by atoms with Crippen molar-refractivity contribution in [2.24, 2.45) is 0 Å². The number of hydrogen-bond donors (Lipinski definition) is 4. The zero-order valence-electron chi connectivity index (χ0n) is 20.8. The molecule has 192 valence electrons. The molecular weight excluding hydrogens is 471 g/mol. The number of thioether (sulfide) groups is 1. The first-order valence-electron chi connectivity index (χ1n) is 11.1. The van der Waals surface area contributed by atoms with Crippen molar-refractivity contribution in [3.63, 3.8) is 0 Å². The fourth-order valence-electron chi connectivity index (χ4n) is 2.51. The number of aliphatic hydroxyl groups excluding tert-OH is 1. The van der Waals surface area contributed by atoms with Gasteiger partial charge in [0.25, 0.3) is 0 Å². The molecule has 1 rings (SSSR count). The Morgan fingerprint density at radius 3 is 2.33 bits per heavy atom. The molecule has 4 N–H and O–H groups in total. The van der Waals surface area contributed by atoms with E-state index >= 15 is 0 Å². The van der Waals surface area contributed by atoms with Gasteiger partial charge in [0.15, 0.2) is 1.41 Å². The van der Waals surface area contributed by atoms with Crippen LogP contribution in [0.4, 0.5) is 0 Å². The van der Waals surface area contributed by atoms with Crippen LogP contribution in [0.25, 0.3) is 0 Å². The lowest BCUT2D eigenvalue weighted by molar-refractivity contribution is -0.138. The Kier molecular flexibility index (Phi) is 22.7. The molecule has 3 amide bonds. The zero-order valence-corrected chi connectivity index (χ0v) is 21.6. The van der Waals surface area contributed by atoms with Crippen molar-refractivity contribution in [1.82, 2.24) is 15.5 Å². The summed E-state index contributed by atoms with van der Waals surface area (Å²) in [6.45, 7) is 5.30. The molecule has 33 heavy (non-hydrogen) atoms. The number of likely N-dealkylation sites (N-methyl/N-ethyl adjacent to an activating group) is 1. The van der Waals surface area contributed by atoms with Gasteiger partial charge in [0.2, 0.25) is 17.7 Å². The van der Waals surface area contributed by atoms with Crippen LogP contribution in [0.1, 0.15) is 32.6 Å². The van der Waals surface area contributed by atoms with Gasteiger partial charge in [-0.15, -0.1) is 0 Å². The second kappa shape index (κ2) is 23.7. The molecule has 0 saturated carbocycles. The summed E-state index contributed by atoms with van der Waals surface area (Å²) in [5.74, 6) is -0.272. The number of nitrogens with zero attached hydrogens (tertiary/aromatic N) is 1. The number of imide groups is 1. The molecule has 11 nitrogen and oxygen atoms in total. The molecule has 1 heterocycles. The highest BCUT2D eigenvalue weighted by Crippen LogP contribution is 2.23. The average Bonchev–Trinajstić information content (AvgIpc) is 3.06. The molecule has 1 aliphatic rings. The van der Waals surface area contributed by atoms with Crippen LogP contribution in [-0.2, 0) is 28.7 Å². The van der Waals surface area contributed by atoms with Gasteiger partial charge in [0.1, 0.15) is 5.78 Å². The largest absolute Gasteiger partial charge is 0.396 e. The molecule has 1 saturated heterocycles. The van der Waals surface area contributed by atoms with Crippen LogP contribution in [-0.4, -0.2) is 105 Å². The van der Waals surface area contributed by atoms with E-state index in [1.807, 2.05) is 13.3 Å². The van der Waals surface area contributed by atoms with Gasteiger partial charge in [0.05, 0.1) is 38.3 Å². The lowest BCUT2D eigenvalue weighted by atomic mass is 10.2. The predicted octanol–water partition coefficient (Wildman–Crippen LogP) is 0.475. The second-order valence-corrected chi connectivity index (χ2v) is 7.81. The SMILES string of the molecule is CNCCOCCOCCNC(=O)CCO.CSC1CC(=O)N(CCCC(C)=O)C1=O.[2H]N=P. The van der Waals surface area contributed by atoms with Crippen LogP contribution in [0.15, 0.2) is 0 Å². The average molecular weight is 512 g/mol. The summed E-state index contributed by atoms with van der Waals surface area (Å²) in [5.41, 5.74) is 0. The third-order valence-electron chi connectivity index (χ3n) is 4.17. The van der Waals surface area contributed by atoms with Gasteiger partial charge < -0.3 is 30.0 Å². The summed E-state index contributed by atoms with van der Waals surface area (Å²) in [7, 11) is 4.35. The number of rotatable bonds is 16. The Morgan fingerprint density at radius 2 is 1.85 bits per heavy atom. The van der Waals surface area contributed by atoms with Gasteiger partial charge in [0, 0.05) is 38.9 Å². The standard InChI is InChI=1S/C10H22N2O4.C10H15NO3S.H2NP/c1-11-3-6-15-8-9-16-7-4-12-10(14)2-5-13;1-7(12)4-3-5-11-9(13)6-8(15-2)10(11)14;1-2/h11,13H,2-9H2,1H3,(H,12,14);8H,3-6H2,1-2H3;1-2H/i/hD. The van der Waals surface area contributed by atoms with E-state index in [4.69, 9.17) is 16.0 Å². The van der Waals surface area contributed by atoms with Crippen LogP contribution in [0.2, 0.25) is 1.41 Å². The van der Waals surface area contributed by atoms with Crippen molar-refractivity contribution in [2.45, 2.75) is 37.9 Å². The first-order valence-corrected chi connectivity index (χ1v) is 12.4. The van der Waals surface area contributed by atoms with Crippen LogP contribution >= 0.6 is 20.8 Å². The molecule has 0 radical (unpaired) electrons. The van der Waals surface area contributed by atoms with Crippen molar-refractivity contribution in [3.8, 4) is 0 Å². The molecule has 1 atom stereocenters. The number of Topliss-reactive ketones (excluding diaryl/α,β-unsaturated/α-hetero) is 1. The summed E-state index contributed by atoms with van der Waals surface area (Å²) in [4.78, 5) is 45.9. The van der Waals surface area contributed by atoms with Crippen molar-refractivity contribution < 1.29 is 35.2 Å². The molecule has 0 aromatic rings. The highest BCUT2D eigenvalue weighted by atomic mass is 32.2. The Balaban J connectivity index is 0. The number of nitrogens with one attached hydrogen (secondary N) is 3. The summed E-state index contributed by atoms with van der Waals surface area (Å²) in [6, 6.07) is 0. The minimum Gasteiger partial charge on any atom is -0.396 e. The van der Waals surface area contributed by atoms with Crippen molar-refractivity contribution in [1.29, 1.82) is 5.15 Å². The third kappa shape index (κ3) is 18.7. The van der Waals surface area contributed by atoms with Gasteiger partial charge in [-0.3, -0.25) is 24.4 Å². The predicted molar refractivity (Wildman–Crippen MR) is 130 cm³/mol. The van der Waals surface area contributed by atoms with Crippen LogP contribution < -0.4 is 10.6 Å². The maximum absolute atomic E-state index is 11.6. The first kappa shape index (κ1) is 31.6. The van der Waals surface area contributed by atoms with E-state index in [0.717, 1.165) is 6.54 Å². The summed E-state index contributed by atoms with van der Waals surface area (Å²) in [6.07, 6.45) is 3.29. The number of hydrogen-bond acceptors (Lipinski definition) is 10. The molecule has 0 bridgehead atoms. The van der Waals surface area contributed by atoms with E-state index < -0.39 is 0 Å². The molecule has 0 aliphatic carbocycles.